The van der Waals surface area contributed by atoms with Crippen molar-refractivity contribution in [2.75, 3.05) is 0 Å². The Morgan fingerprint density at radius 3 is 2.53 bits per heavy atom. The molecule has 0 saturated heterocycles. The first-order valence-corrected chi connectivity index (χ1v) is 9.54. The minimum Gasteiger partial charge on any atom is -0.459 e. The van der Waals surface area contributed by atoms with E-state index in [1.807, 2.05) is 0 Å². The van der Waals surface area contributed by atoms with Crippen molar-refractivity contribution in [1.82, 2.24) is 19.9 Å². The van der Waals surface area contributed by atoms with E-state index in [0.29, 0.717) is 17.0 Å². The monoisotopic (exact) mass is 452 g/mol. The molecule has 1 aromatic carbocycles. The predicted octanol–water partition coefficient (Wildman–Crippen LogP) is 4.99. The van der Waals surface area contributed by atoms with Gasteiger partial charge in [-0.3, -0.25) is 0 Å². The summed E-state index contributed by atoms with van der Waals surface area (Å²) in [5.74, 6) is -0.358. The smallest absolute Gasteiger partial charge is 0.416 e. The van der Waals surface area contributed by atoms with Gasteiger partial charge < -0.3 is 9.26 Å². The lowest BCUT2D eigenvalue weighted by molar-refractivity contribution is -0.140. The summed E-state index contributed by atoms with van der Waals surface area (Å²) in [5.41, 5.74) is -0.236. The van der Waals surface area contributed by atoms with Gasteiger partial charge in [0.1, 0.15) is 18.8 Å². The van der Waals surface area contributed by atoms with Gasteiger partial charge in [-0.2, -0.15) is 13.2 Å². The van der Waals surface area contributed by atoms with Gasteiger partial charge in [0, 0.05) is 11.8 Å². The molecule has 3 aromatic rings. The lowest BCUT2D eigenvalue weighted by Gasteiger charge is -2.11. The van der Waals surface area contributed by atoms with Crippen LogP contribution in [0.25, 0.3) is 23.2 Å². The molecule has 0 aliphatic heterocycles. The van der Waals surface area contributed by atoms with Crippen molar-refractivity contribution in [1.29, 1.82) is 0 Å². The topological polar surface area (TPSA) is 83.0 Å². The number of aromatic nitrogens is 4. The zero-order valence-corrected chi connectivity index (χ0v) is 17.7. The van der Waals surface area contributed by atoms with E-state index in [0.717, 1.165) is 16.8 Å². The molecule has 0 aliphatic carbocycles. The summed E-state index contributed by atoms with van der Waals surface area (Å²) in [6.45, 7) is 5.57. The van der Waals surface area contributed by atoms with Gasteiger partial charge in [-0.05, 0) is 51.5 Å². The fourth-order valence-corrected chi connectivity index (χ4v) is 3.03. The summed E-state index contributed by atoms with van der Waals surface area (Å²) in [6.07, 6.45) is -2.52. The molecule has 0 unspecified atom stereocenters. The normalized spacial score (nSPS) is 12.5. The number of esters is 1. The van der Waals surface area contributed by atoms with Gasteiger partial charge in [-0.15, -0.1) is 5.10 Å². The summed E-state index contributed by atoms with van der Waals surface area (Å²) in [5, 5.41) is 7.96. The van der Waals surface area contributed by atoms with E-state index in [2.05, 4.69) is 15.2 Å². The summed E-state index contributed by atoms with van der Waals surface area (Å²) >= 11 is 0. The summed E-state index contributed by atoms with van der Waals surface area (Å²) in [7, 11) is 0. The Morgan fingerprint density at radius 2 is 1.97 bits per heavy atom. The van der Waals surface area contributed by atoms with Crippen LogP contribution in [-0.4, -0.2) is 32.0 Å². The molecule has 3 rings (SSSR count). The lowest BCUT2D eigenvalue weighted by Crippen LogP contribution is -2.14. The first kappa shape index (κ1) is 23.2. The second-order valence-electron chi connectivity index (χ2n) is 7.29. The number of benzene rings is 1. The van der Waals surface area contributed by atoms with Crippen molar-refractivity contribution < 1.29 is 31.6 Å². The van der Waals surface area contributed by atoms with E-state index in [9.17, 15) is 22.4 Å². The van der Waals surface area contributed by atoms with Gasteiger partial charge >= 0.3 is 12.1 Å². The van der Waals surface area contributed by atoms with Gasteiger partial charge in [0.05, 0.1) is 28.5 Å². The minimum atomic E-state index is -4.65. The lowest BCUT2D eigenvalue weighted by atomic mass is 10.1. The Kier molecular flexibility index (Phi) is 6.47. The largest absolute Gasteiger partial charge is 0.459 e. The fraction of sp³-hybridized carbons (Fsp3) is 0.333. The van der Waals surface area contributed by atoms with Crippen LogP contribution in [0, 0.1) is 13.8 Å². The SMILES string of the molecule is Cc1noc(C)c1/C(=C/n1cnc(-c2cc(CF)cc(C(F)(F)F)c2)n1)C(=O)OC(C)C. The van der Waals surface area contributed by atoms with E-state index in [4.69, 9.17) is 9.26 Å². The second-order valence-corrected chi connectivity index (χ2v) is 7.29. The highest BCUT2D eigenvalue weighted by Crippen LogP contribution is 2.33. The number of nitrogens with zero attached hydrogens (tertiary/aromatic N) is 4. The van der Waals surface area contributed by atoms with E-state index in [-0.39, 0.29) is 22.5 Å². The van der Waals surface area contributed by atoms with Crippen LogP contribution >= 0.6 is 0 Å². The van der Waals surface area contributed by atoms with Crippen molar-refractivity contribution in [3.8, 4) is 11.4 Å². The van der Waals surface area contributed by atoms with Crippen molar-refractivity contribution in [2.24, 2.45) is 0 Å². The molecular formula is C21H20F4N4O3. The van der Waals surface area contributed by atoms with E-state index in [1.54, 1.807) is 27.7 Å². The molecule has 7 nitrogen and oxygen atoms in total. The third-order valence-electron chi connectivity index (χ3n) is 4.37. The third-order valence-corrected chi connectivity index (χ3v) is 4.37. The molecule has 11 heteroatoms. The Balaban J connectivity index is 2.06. The van der Waals surface area contributed by atoms with Crippen LogP contribution in [0.2, 0.25) is 0 Å². The Labute approximate surface area is 180 Å². The second kappa shape index (κ2) is 8.93. The molecule has 0 fully saturated rings. The quantitative estimate of drug-likeness (QED) is 0.298. The van der Waals surface area contributed by atoms with Crippen LogP contribution in [0.3, 0.4) is 0 Å². The Morgan fingerprint density at radius 1 is 1.25 bits per heavy atom. The van der Waals surface area contributed by atoms with Gasteiger partial charge in [-0.25, -0.2) is 18.9 Å². The highest BCUT2D eigenvalue weighted by atomic mass is 19.4. The van der Waals surface area contributed by atoms with Crippen molar-refractivity contribution in [3.63, 3.8) is 0 Å². The number of carbonyl (C=O) groups excluding carboxylic acids is 1. The van der Waals surface area contributed by atoms with Gasteiger partial charge in [0.15, 0.2) is 5.82 Å². The third kappa shape index (κ3) is 5.04. The predicted molar refractivity (Wildman–Crippen MR) is 107 cm³/mol. The summed E-state index contributed by atoms with van der Waals surface area (Å²) in [4.78, 5) is 16.7. The Bertz CT molecular complexity index is 1140. The van der Waals surface area contributed by atoms with Crippen LogP contribution in [0.1, 0.15) is 42.0 Å². The minimum absolute atomic E-state index is 0.0109. The van der Waals surface area contributed by atoms with Crippen molar-refractivity contribution in [3.05, 3.63) is 52.7 Å². The maximum absolute atomic E-state index is 13.2. The molecule has 0 bridgehead atoms. The van der Waals surface area contributed by atoms with Crippen molar-refractivity contribution >= 4 is 17.7 Å². The number of aryl methyl sites for hydroxylation is 2. The summed E-state index contributed by atoms with van der Waals surface area (Å²) < 4.78 is 64.2. The van der Waals surface area contributed by atoms with Gasteiger partial charge in [0.2, 0.25) is 0 Å². The average molecular weight is 452 g/mol. The molecule has 0 N–H and O–H groups in total. The number of halogens is 4. The first-order valence-electron chi connectivity index (χ1n) is 9.54. The fourth-order valence-electron chi connectivity index (χ4n) is 3.03. The molecule has 0 saturated carbocycles. The summed E-state index contributed by atoms with van der Waals surface area (Å²) in [6, 6.07) is 2.81. The number of carbonyl (C=O) groups is 1. The molecule has 0 aliphatic rings. The molecule has 170 valence electrons. The molecule has 0 atom stereocenters. The Hall–Kier alpha value is -3.50. The molecule has 32 heavy (non-hydrogen) atoms. The average Bonchev–Trinajstić information content (AvgIpc) is 3.31. The highest BCUT2D eigenvalue weighted by Gasteiger charge is 2.31. The van der Waals surface area contributed by atoms with E-state index >= 15 is 0 Å². The maximum atomic E-state index is 13.2. The zero-order chi connectivity index (χ0) is 23.6. The molecule has 0 amide bonds. The molecule has 0 spiro atoms. The first-order chi connectivity index (χ1) is 15.0. The van der Waals surface area contributed by atoms with Crippen LogP contribution in [0.4, 0.5) is 17.6 Å². The maximum Gasteiger partial charge on any atom is 0.416 e. The van der Waals surface area contributed by atoms with Crippen LogP contribution in [0.5, 0.6) is 0 Å². The van der Waals surface area contributed by atoms with Gasteiger partial charge in [0.25, 0.3) is 0 Å². The number of hydrogen-bond donors (Lipinski definition) is 0. The van der Waals surface area contributed by atoms with Crippen molar-refractivity contribution in [2.45, 2.75) is 46.6 Å². The number of alkyl halides is 4. The molecule has 2 aromatic heterocycles. The molecule has 2 heterocycles. The van der Waals surface area contributed by atoms with E-state index < -0.39 is 30.5 Å². The zero-order valence-electron chi connectivity index (χ0n) is 17.7. The van der Waals surface area contributed by atoms with E-state index in [1.165, 1.54) is 18.6 Å². The number of hydrogen-bond acceptors (Lipinski definition) is 6. The van der Waals surface area contributed by atoms with Gasteiger partial charge in [-0.1, -0.05) is 5.16 Å². The number of rotatable bonds is 6. The van der Waals surface area contributed by atoms with Crippen LogP contribution in [-0.2, 0) is 22.4 Å². The molecular weight excluding hydrogens is 432 g/mol. The van der Waals surface area contributed by atoms with Crippen LogP contribution < -0.4 is 0 Å². The van der Waals surface area contributed by atoms with Crippen LogP contribution in [0.15, 0.2) is 29.0 Å². The number of ether oxygens (including phenoxy) is 1. The highest BCUT2D eigenvalue weighted by molar-refractivity contribution is 6.20. The standard InChI is InChI=1S/C21H20F4N4O3/c1-11(2)31-20(30)17(18-12(3)28-32-13(18)4)9-29-10-26-19(27-29)15-5-14(8-22)6-16(7-15)21(23,24)25/h5-7,9-11H,8H2,1-4H3/b17-9-. The molecule has 0 radical (unpaired) electrons.